The zero-order valence-electron chi connectivity index (χ0n) is 19.0. The predicted molar refractivity (Wildman–Crippen MR) is 127 cm³/mol. The van der Waals surface area contributed by atoms with Crippen LogP contribution in [0.3, 0.4) is 0 Å². The Kier molecular flexibility index (Phi) is 5.42. The van der Waals surface area contributed by atoms with Crippen molar-refractivity contribution in [3.05, 3.63) is 90.3 Å². The zero-order chi connectivity index (χ0) is 22.2. The van der Waals surface area contributed by atoms with Gasteiger partial charge in [-0.2, -0.15) is 0 Å². The van der Waals surface area contributed by atoms with Gasteiger partial charge in [0.25, 0.3) is 0 Å². The zero-order valence-corrected chi connectivity index (χ0v) is 19.0. The molecule has 3 aromatic rings. The van der Waals surface area contributed by atoms with Gasteiger partial charge in [0, 0.05) is 48.4 Å². The summed E-state index contributed by atoms with van der Waals surface area (Å²) in [5.41, 5.74) is 1.48. The Bertz CT molecular complexity index is 1080. The molecule has 3 heterocycles. The predicted octanol–water partition coefficient (Wildman–Crippen LogP) is 5.60. The maximum Gasteiger partial charge on any atom is 0.168 e. The third kappa shape index (κ3) is 3.57. The van der Waals surface area contributed by atoms with Gasteiger partial charge in [0.2, 0.25) is 0 Å². The van der Waals surface area contributed by atoms with Gasteiger partial charge in [-0.1, -0.05) is 62.4 Å². The lowest BCUT2D eigenvalue weighted by atomic mass is 9.77. The second kappa shape index (κ2) is 8.25. The molecule has 3 atom stereocenters. The highest BCUT2D eigenvalue weighted by molar-refractivity contribution is 6.00. The lowest BCUT2D eigenvalue weighted by molar-refractivity contribution is 0.0626. The van der Waals surface area contributed by atoms with Crippen LogP contribution in [0.4, 0.5) is 0 Å². The maximum atomic E-state index is 13.3. The SMILES string of the molecule is CCC(C)(CCN1CCC2(C1)Oc1ccccc1C2n1cccc1)C(=O)c1ccccc1. The molecule has 0 amide bonds. The van der Waals surface area contributed by atoms with Crippen molar-refractivity contribution in [2.45, 2.75) is 44.8 Å². The highest BCUT2D eigenvalue weighted by atomic mass is 16.5. The molecular weight excluding hydrogens is 396 g/mol. The van der Waals surface area contributed by atoms with Gasteiger partial charge in [0.15, 0.2) is 5.78 Å². The molecule has 1 aromatic heterocycles. The van der Waals surface area contributed by atoms with E-state index in [1.54, 1.807) is 0 Å². The van der Waals surface area contributed by atoms with E-state index in [4.69, 9.17) is 4.74 Å². The molecular formula is C28H32N2O2. The van der Waals surface area contributed by atoms with E-state index in [0.29, 0.717) is 0 Å². The molecule has 2 aliphatic heterocycles. The van der Waals surface area contributed by atoms with Crippen LogP contribution in [0, 0.1) is 5.41 Å². The number of benzene rings is 2. The van der Waals surface area contributed by atoms with Crippen molar-refractivity contribution in [3.63, 3.8) is 0 Å². The standard InChI is InChI=1S/C28H32N2O2/c1-3-27(2,26(31)22-11-5-4-6-12-22)15-19-29-20-16-28(21-29)25(30-17-9-10-18-30)23-13-7-8-14-24(23)32-28/h4-14,17-18,25H,3,15-16,19-21H2,1-2H3. The molecule has 0 aliphatic carbocycles. The monoisotopic (exact) mass is 428 g/mol. The topological polar surface area (TPSA) is 34.5 Å². The van der Waals surface area contributed by atoms with Crippen LogP contribution in [0.5, 0.6) is 5.75 Å². The van der Waals surface area contributed by atoms with E-state index >= 15 is 0 Å². The van der Waals surface area contributed by atoms with Crippen molar-refractivity contribution in [1.29, 1.82) is 0 Å². The first-order chi connectivity index (χ1) is 15.5. The number of rotatable bonds is 7. The number of hydrogen-bond donors (Lipinski definition) is 0. The average Bonchev–Trinajstić information content (AvgIpc) is 3.56. The lowest BCUT2D eigenvalue weighted by Gasteiger charge is -2.33. The van der Waals surface area contributed by atoms with E-state index in [9.17, 15) is 4.79 Å². The summed E-state index contributed by atoms with van der Waals surface area (Å²) in [6.07, 6.45) is 6.97. The first kappa shape index (κ1) is 21.0. The molecule has 5 rings (SSSR count). The van der Waals surface area contributed by atoms with Gasteiger partial charge < -0.3 is 9.30 Å². The highest BCUT2D eigenvalue weighted by Crippen LogP contribution is 2.49. The van der Waals surface area contributed by atoms with E-state index in [1.807, 2.05) is 30.3 Å². The second-order valence-corrected chi connectivity index (χ2v) is 9.62. The molecule has 0 saturated carbocycles. The van der Waals surface area contributed by atoms with Gasteiger partial charge in [-0.05, 0) is 37.6 Å². The summed E-state index contributed by atoms with van der Waals surface area (Å²) in [7, 11) is 0. The number of carbonyl (C=O) groups excluding carboxylic acids is 1. The van der Waals surface area contributed by atoms with Gasteiger partial charge >= 0.3 is 0 Å². The van der Waals surface area contributed by atoms with Crippen molar-refractivity contribution in [2.75, 3.05) is 19.6 Å². The summed E-state index contributed by atoms with van der Waals surface area (Å²) in [5, 5.41) is 0. The number of Topliss-reactive ketones (excluding diaryl/α,β-unsaturated/α-hetero) is 1. The summed E-state index contributed by atoms with van der Waals surface area (Å²) in [6.45, 7) is 7.03. The number of hydrogen-bond acceptors (Lipinski definition) is 3. The number of para-hydroxylation sites is 1. The molecule has 166 valence electrons. The van der Waals surface area contributed by atoms with Crippen LogP contribution in [0.2, 0.25) is 0 Å². The molecule has 0 radical (unpaired) electrons. The second-order valence-electron chi connectivity index (χ2n) is 9.62. The molecule has 4 nitrogen and oxygen atoms in total. The van der Waals surface area contributed by atoms with Crippen LogP contribution in [-0.2, 0) is 0 Å². The van der Waals surface area contributed by atoms with Gasteiger partial charge in [0.1, 0.15) is 17.4 Å². The third-order valence-electron chi connectivity index (χ3n) is 7.64. The van der Waals surface area contributed by atoms with Crippen LogP contribution in [0.25, 0.3) is 0 Å². The van der Waals surface area contributed by atoms with Gasteiger partial charge in [0.05, 0.1) is 0 Å². The quantitative estimate of drug-likeness (QED) is 0.459. The summed E-state index contributed by atoms with van der Waals surface area (Å²) >= 11 is 0. The number of carbonyl (C=O) groups is 1. The molecule has 2 aromatic carbocycles. The number of aromatic nitrogens is 1. The Hall–Kier alpha value is -2.85. The van der Waals surface area contributed by atoms with Crippen LogP contribution >= 0.6 is 0 Å². The maximum absolute atomic E-state index is 13.3. The summed E-state index contributed by atoms with van der Waals surface area (Å²) in [5.74, 6) is 1.26. The Balaban J connectivity index is 1.32. The molecule has 3 unspecified atom stereocenters. The Morgan fingerprint density at radius 3 is 2.53 bits per heavy atom. The highest BCUT2D eigenvalue weighted by Gasteiger charge is 2.53. The van der Waals surface area contributed by atoms with Crippen molar-refractivity contribution in [3.8, 4) is 5.75 Å². The number of ketones is 1. The van der Waals surface area contributed by atoms with E-state index in [-0.39, 0.29) is 22.8 Å². The number of likely N-dealkylation sites (tertiary alicyclic amines) is 1. The Morgan fingerprint density at radius 1 is 1.06 bits per heavy atom. The fourth-order valence-corrected chi connectivity index (χ4v) is 5.48. The molecule has 1 spiro atoms. The summed E-state index contributed by atoms with van der Waals surface area (Å²) in [4.78, 5) is 15.8. The summed E-state index contributed by atoms with van der Waals surface area (Å²) < 4.78 is 8.96. The third-order valence-corrected chi connectivity index (χ3v) is 7.64. The van der Waals surface area contributed by atoms with E-state index in [2.05, 4.69) is 72.1 Å². The van der Waals surface area contributed by atoms with Gasteiger partial charge in [-0.25, -0.2) is 0 Å². The Morgan fingerprint density at radius 2 is 1.78 bits per heavy atom. The van der Waals surface area contributed by atoms with Crippen LogP contribution in [0.1, 0.15) is 55.1 Å². The fraction of sp³-hybridized carbons (Fsp3) is 0.393. The normalized spacial score (nSPS) is 24.2. The van der Waals surface area contributed by atoms with Crippen molar-refractivity contribution in [1.82, 2.24) is 9.47 Å². The van der Waals surface area contributed by atoms with Crippen LogP contribution in [-0.4, -0.2) is 40.5 Å². The fourth-order valence-electron chi connectivity index (χ4n) is 5.48. The molecule has 0 N–H and O–H groups in total. The first-order valence-corrected chi connectivity index (χ1v) is 11.8. The molecule has 1 fully saturated rings. The van der Waals surface area contributed by atoms with E-state index in [1.165, 1.54) is 5.56 Å². The molecule has 1 saturated heterocycles. The number of ether oxygens (including phenoxy) is 1. The first-order valence-electron chi connectivity index (χ1n) is 11.8. The van der Waals surface area contributed by atoms with Crippen molar-refractivity contribution < 1.29 is 9.53 Å². The average molecular weight is 429 g/mol. The molecule has 0 bridgehead atoms. The van der Waals surface area contributed by atoms with Crippen molar-refractivity contribution >= 4 is 5.78 Å². The minimum absolute atomic E-state index is 0.183. The van der Waals surface area contributed by atoms with Crippen LogP contribution in [0.15, 0.2) is 79.1 Å². The molecule has 32 heavy (non-hydrogen) atoms. The van der Waals surface area contributed by atoms with Gasteiger partial charge in [-0.15, -0.1) is 0 Å². The Labute approximate surface area is 190 Å². The van der Waals surface area contributed by atoms with Crippen LogP contribution < -0.4 is 4.74 Å². The molecule has 2 aliphatic rings. The van der Waals surface area contributed by atoms with Crippen molar-refractivity contribution in [2.24, 2.45) is 5.41 Å². The summed E-state index contributed by atoms with van der Waals surface area (Å²) in [6, 6.07) is 22.5. The van der Waals surface area contributed by atoms with E-state index < -0.39 is 0 Å². The minimum Gasteiger partial charge on any atom is -0.483 e. The smallest absolute Gasteiger partial charge is 0.168 e. The molecule has 4 heteroatoms. The largest absolute Gasteiger partial charge is 0.483 e. The number of fused-ring (bicyclic) bond motifs is 1. The number of nitrogens with zero attached hydrogens (tertiary/aromatic N) is 2. The minimum atomic E-state index is -0.351. The lowest BCUT2D eigenvalue weighted by Crippen LogP contribution is -2.44. The van der Waals surface area contributed by atoms with E-state index in [0.717, 1.165) is 50.2 Å². The van der Waals surface area contributed by atoms with Gasteiger partial charge in [-0.3, -0.25) is 9.69 Å².